The van der Waals surface area contributed by atoms with Crippen LogP contribution >= 0.6 is 0 Å². The van der Waals surface area contributed by atoms with Gasteiger partial charge in [-0.1, -0.05) is 0 Å². The zero-order valence-corrected chi connectivity index (χ0v) is 19.0. The van der Waals surface area contributed by atoms with Gasteiger partial charge in [0.05, 0.1) is 37.7 Å². The molecule has 2 saturated heterocycles. The SMILES string of the molecule is Cc1c(-c2cc3cc(N(C(=O)O)[C@H]4CO[C@@H]5COC[C@@H]54)ncc3c(N)c2F)cnc2c1NCCO2. The van der Waals surface area contributed by atoms with E-state index in [2.05, 4.69) is 15.3 Å². The van der Waals surface area contributed by atoms with Gasteiger partial charge in [0.2, 0.25) is 5.88 Å². The van der Waals surface area contributed by atoms with E-state index >= 15 is 4.39 Å². The van der Waals surface area contributed by atoms with Crippen molar-refractivity contribution >= 4 is 34.1 Å². The number of aromatic nitrogens is 2. The van der Waals surface area contributed by atoms with Crippen molar-refractivity contribution in [3.63, 3.8) is 0 Å². The molecule has 0 spiro atoms. The Morgan fingerprint density at radius 1 is 1.23 bits per heavy atom. The molecule has 6 rings (SSSR count). The second-order valence-corrected chi connectivity index (χ2v) is 8.96. The number of anilines is 3. The molecule has 3 aromatic rings. The van der Waals surface area contributed by atoms with Crippen LogP contribution in [0.5, 0.6) is 5.88 Å². The van der Waals surface area contributed by atoms with Gasteiger partial charge in [0, 0.05) is 41.4 Å². The number of hydrogen-bond acceptors (Lipinski definition) is 8. The molecule has 5 heterocycles. The van der Waals surface area contributed by atoms with E-state index in [1.807, 2.05) is 6.92 Å². The fraction of sp³-hybridized carbons (Fsp3) is 0.375. The Kier molecular flexibility index (Phi) is 5.11. The number of amides is 1. The number of carboxylic acid groups (broad SMARTS) is 1. The first kappa shape index (κ1) is 21.8. The summed E-state index contributed by atoms with van der Waals surface area (Å²) in [5, 5.41) is 14.3. The minimum absolute atomic E-state index is 0.0618. The number of nitrogens with two attached hydrogens (primary N) is 1. The lowest BCUT2D eigenvalue weighted by atomic mass is 9.96. The highest BCUT2D eigenvalue weighted by atomic mass is 19.1. The molecule has 10 nitrogen and oxygen atoms in total. The molecular weight excluding hydrogens is 457 g/mol. The van der Waals surface area contributed by atoms with Gasteiger partial charge in [-0.05, 0) is 30.0 Å². The van der Waals surface area contributed by atoms with Gasteiger partial charge in [-0.3, -0.25) is 4.90 Å². The number of halogens is 1. The van der Waals surface area contributed by atoms with Crippen LogP contribution in [0.25, 0.3) is 21.9 Å². The molecule has 35 heavy (non-hydrogen) atoms. The molecule has 11 heteroatoms. The summed E-state index contributed by atoms with van der Waals surface area (Å²) >= 11 is 0. The molecule has 0 aliphatic carbocycles. The highest BCUT2D eigenvalue weighted by molar-refractivity contribution is 5.99. The molecule has 182 valence electrons. The summed E-state index contributed by atoms with van der Waals surface area (Å²) in [5.41, 5.74) is 8.45. The van der Waals surface area contributed by atoms with E-state index in [0.717, 1.165) is 5.56 Å². The quantitative estimate of drug-likeness (QED) is 0.483. The molecule has 2 aromatic heterocycles. The summed E-state index contributed by atoms with van der Waals surface area (Å²) in [6.07, 6.45) is 1.70. The number of ether oxygens (including phenoxy) is 3. The van der Waals surface area contributed by atoms with E-state index < -0.39 is 18.0 Å². The van der Waals surface area contributed by atoms with Crippen LogP contribution in [-0.4, -0.2) is 66.3 Å². The summed E-state index contributed by atoms with van der Waals surface area (Å²) in [5.74, 6) is 0.0388. The molecule has 0 saturated carbocycles. The standard InChI is InChI=1S/C24H24FN5O5/c1-11-14(6-29-23-22(11)27-2-3-34-23)13-4-12-5-19(28-7-15(12)21(26)20(13)25)30(24(31)32)17-9-35-18-10-33-8-16(17)18/h4-7,16-18,27H,2-3,8-10,26H2,1H3,(H,31,32)/t16-,17+,18-/m1/s1. The Bertz CT molecular complexity index is 1350. The molecule has 1 aromatic carbocycles. The van der Waals surface area contributed by atoms with E-state index in [-0.39, 0.29) is 35.7 Å². The first-order valence-electron chi connectivity index (χ1n) is 11.4. The fourth-order valence-electron chi connectivity index (χ4n) is 5.21. The molecule has 1 amide bonds. The number of benzene rings is 1. The number of pyridine rings is 2. The number of nitrogens with one attached hydrogen (secondary N) is 1. The van der Waals surface area contributed by atoms with Crippen LogP contribution in [-0.2, 0) is 9.47 Å². The van der Waals surface area contributed by atoms with Crippen LogP contribution in [0, 0.1) is 18.7 Å². The monoisotopic (exact) mass is 481 g/mol. The Morgan fingerprint density at radius 3 is 2.91 bits per heavy atom. The van der Waals surface area contributed by atoms with Crippen LogP contribution in [0.15, 0.2) is 24.5 Å². The molecule has 3 aliphatic rings. The van der Waals surface area contributed by atoms with E-state index in [1.54, 1.807) is 18.3 Å². The van der Waals surface area contributed by atoms with Crippen molar-refractivity contribution in [2.45, 2.75) is 19.1 Å². The molecule has 0 radical (unpaired) electrons. The Hall–Kier alpha value is -3.70. The van der Waals surface area contributed by atoms with E-state index in [0.29, 0.717) is 54.3 Å². The molecule has 2 fully saturated rings. The normalized spacial score (nSPS) is 22.9. The lowest BCUT2D eigenvalue weighted by Crippen LogP contribution is -2.45. The second kappa shape index (κ2) is 8.21. The average Bonchev–Trinajstić information content (AvgIpc) is 3.47. The van der Waals surface area contributed by atoms with Crippen LogP contribution in [0.3, 0.4) is 0 Å². The van der Waals surface area contributed by atoms with Crippen LogP contribution in [0.2, 0.25) is 0 Å². The van der Waals surface area contributed by atoms with Crippen molar-refractivity contribution < 1.29 is 28.5 Å². The summed E-state index contributed by atoms with van der Waals surface area (Å²) in [4.78, 5) is 22.2. The number of hydrogen-bond donors (Lipinski definition) is 3. The highest BCUT2D eigenvalue weighted by Gasteiger charge is 2.46. The number of carbonyl (C=O) groups is 1. The lowest BCUT2D eigenvalue weighted by Gasteiger charge is -2.28. The first-order valence-corrected chi connectivity index (χ1v) is 11.4. The lowest BCUT2D eigenvalue weighted by molar-refractivity contribution is 0.0685. The zero-order valence-electron chi connectivity index (χ0n) is 19.0. The summed E-state index contributed by atoms with van der Waals surface area (Å²) in [7, 11) is 0. The molecule has 0 unspecified atom stereocenters. The Morgan fingerprint density at radius 2 is 2.09 bits per heavy atom. The topological polar surface area (TPSA) is 132 Å². The van der Waals surface area contributed by atoms with Gasteiger partial charge in [0.1, 0.15) is 18.1 Å². The van der Waals surface area contributed by atoms with Gasteiger partial charge in [0.15, 0.2) is 5.82 Å². The van der Waals surface area contributed by atoms with Crippen molar-refractivity contribution in [2.24, 2.45) is 5.92 Å². The summed E-state index contributed by atoms with van der Waals surface area (Å²) < 4.78 is 32.3. The number of nitrogen functional groups attached to an aromatic ring is 1. The van der Waals surface area contributed by atoms with Crippen molar-refractivity contribution in [1.29, 1.82) is 0 Å². The van der Waals surface area contributed by atoms with Gasteiger partial charge in [-0.15, -0.1) is 0 Å². The third-order valence-electron chi connectivity index (χ3n) is 7.05. The number of rotatable bonds is 3. The number of fused-ring (bicyclic) bond motifs is 3. The minimum Gasteiger partial charge on any atom is -0.474 e. The van der Waals surface area contributed by atoms with Gasteiger partial charge < -0.3 is 30.4 Å². The predicted octanol–water partition coefficient (Wildman–Crippen LogP) is 3.03. The van der Waals surface area contributed by atoms with E-state index in [4.69, 9.17) is 19.9 Å². The van der Waals surface area contributed by atoms with Gasteiger partial charge in [0.25, 0.3) is 0 Å². The Balaban J connectivity index is 1.46. The van der Waals surface area contributed by atoms with Crippen LogP contribution in [0.1, 0.15) is 5.56 Å². The van der Waals surface area contributed by atoms with Crippen molar-refractivity contribution in [1.82, 2.24) is 9.97 Å². The largest absolute Gasteiger partial charge is 0.474 e. The highest BCUT2D eigenvalue weighted by Crippen LogP contribution is 2.40. The first-order chi connectivity index (χ1) is 16.9. The molecule has 0 bridgehead atoms. The van der Waals surface area contributed by atoms with Gasteiger partial charge >= 0.3 is 6.09 Å². The third kappa shape index (κ3) is 3.41. The van der Waals surface area contributed by atoms with Crippen LogP contribution < -0.4 is 20.7 Å². The maximum atomic E-state index is 15.4. The van der Waals surface area contributed by atoms with Crippen molar-refractivity contribution in [2.75, 3.05) is 48.9 Å². The van der Waals surface area contributed by atoms with Gasteiger partial charge in [-0.2, -0.15) is 0 Å². The zero-order chi connectivity index (χ0) is 24.3. The van der Waals surface area contributed by atoms with Crippen LogP contribution in [0.4, 0.5) is 26.4 Å². The van der Waals surface area contributed by atoms with Crippen molar-refractivity contribution in [3.05, 3.63) is 35.9 Å². The average molecular weight is 481 g/mol. The second-order valence-electron chi connectivity index (χ2n) is 8.96. The van der Waals surface area contributed by atoms with E-state index in [9.17, 15) is 9.90 Å². The molecule has 4 N–H and O–H groups in total. The predicted molar refractivity (Wildman–Crippen MR) is 126 cm³/mol. The molecule has 3 aliphatic heterocycles. The maximum absolute atomic E-state index is 15.4. The third-order valence-corrected chi connectivity index (χ3v) is 7.05. The summed E-state index contributed by atoms with van der Waals surface area (Å²) in [6.45, 7) is 4.13. The van der Waals surface area contributed by atoms with E-state index in [1.165, 1.54) is 11.1 Å². The fourth-order valence-corrected chi connectivity index (χ4v) is 5.21. The minimum atomic E-state index is -1.14. The Labute approximate surface area is 199 Å². The van der Waals surface area contributed by atoms with Crippen molar-refractivity contribution in [3.8, 4) is 17.0 Å². The molecular formula is C24H24FN5O5. The maximum Gasteiger partial charge on any atom is 0.413 e. The number of nitrogens with zero attached hydrogens (tertiary/aromatic N) is 3. The molecule has 3 atom stereocenters. The van der Waals surface area contributed by atoms with Gasteiger partial charge in [-0.25, -0.2) is 19.2 Å². The summed E-state index contributed by atoms with van der Waals surface area (Å²) in [6, 6.07) is 2.84. The smallest absolute Gasteiger partial charge is 0.413 e.